The van der Waals surface area contributed by atoms with Crippen LogP contribution >= 0.6 is 11.6 Å². The Kier molecular flexibility index (Phi) is 8.78. The standard InChI is InChI=1S/C39H45ClN6O4/c1-38(2,3)49-36(47)42-28-10-7-9-27(28)34-43-31(33(40)45-34)23-14-12-22(13-15-23)24-16-18-26-25(21-24)17-19-29-32(26)44-35(41-29)30-11-8-20-46(30)37(48)50-39(4,5)6/h12-19,21,27-28,30H,7-11,20H2,1-6H3,(H,41,44)(H,42,47)(H,43,45)/t27-,28+,30?/m1/s1. The summed E-state index contributed by atoms with van der Waals surface area (Å²) in [5.74, 6) is 1.60. The van der Waals surface area contributed by atoms with Crippen LogP contribution in [0, 0.1) is 0 Å². The summed E-state index contributed by atoms with van der Waals surface area (Å²) in [6.07, 6.45) is 3.79. The van der Waals surface area contributed by atoms with E-state index < -0.39 is 17.3 Å². The Labute approximate surface area is 297 Å². The molecule has 2 amide bonds. The molecule has 3 atom stereocenters. The molecule has 1 saturated carbocycles. The molecule has 5 aromatic rings. The molecule has 262 valence electrons. The van der Waals surface area contributed by atoms with E-state index in [0.717, 1.165) is 82.2 Å². The van der Waals surface area contributed by atoms with E-state index in [1.165, 1.54) is 0 Å². The lowest BCUT2D eigenvalue weighted by atomic mass is 9.99. The van der Waals surface area contributed by atoms with Gasteiger partial charge in [0.05, 0.1) is 17.1 Å². The highest BCUT2D eigenvalue weighted by Crippen LogP contribution is 2.38. The number of alkyl carbamates (subject to hydrolysis) is 1. The van der Waals surface area contributed by atoms with Crippen LogP contribution < -0.4 is 5.32 Å². The second-order valence-electron chi connectivity index (χ2n) is 15.5. The Morgan fingerprint density at radius 2 is 1.54 bits per heavy atom. The summed E-state index contributed by atoms with van der Waals surface area (Å²) in [5.41, 5.74) is 4.49. The first-order valence-corrected chi connectivity index (χ1v) is 17.9. The molecule has 1 unspecified atom stereocenters. The fraction of sp³-hybridized carbons (Fsp3) is 0.436. The SMILES string of the molecule is CC(C)(C)OC(=O)N[C@H]1CCC[C@H]1c1nc(-c2ccc(-c3ccc4c(ccc5[nH]c(C6CCCN6C(=O)OC(C)(C)C)nc54)c3)cc2)c(Cl)[nH]1. The van der Waals surface area contributed by atoms with E-state index in [1.54, 1.807) is 4.90 Å². The number of aromatic amines is 2. The summed E-state index contributed by atoms with van der Waals surface area (Å²) < 4.78 is 11.2. The maximum atomic E-state index is 12.9. The number of H-pyrrole nitrogens is 2. The molecule has 3 N–H and O–H groups in total. The first kappa shape index (κ1) is 33.9. The summed E-state index contributed by atoms with van der Waals surface area (Å²) >= 11 is 6.70. The number of nitrogens with zero attached hydrogens (tertiary/aromatic N) is 3. The molecule has 0 radical (unpaired) electrons. The fourth-order valence-electron chi connectivity index (χ4n) is 7.22. The number of ether oxygens (including phenoxy) is 2. The Morgan fingerprint density at radius 1 is 0.820 bits per heavy atom. The van der Waals surface area contributed by atoms with Crippen molar-refractivity contribution in [1.29, 1.82) is 0 Å². The molecule has 11 heteroatoms. The molecule has 0 bridgehead atoms. The molecule has 7 rings (SSSR count). The van der Waals surface area contributed by atoms with Crippen molar-refractivity contribution < 1.29 is 19.1 Å². The molecule has 10 nitrogen and oxygen atoms in total. The minimum atomic E-state index is -0.558. The van der Waals surface area contributed by atoms with Crippen LogP contribution in [-0.4, -0.2) is 60.8 Å². The van der Waals surface area contributed by atoms with Crippen LogP contribution in [0.4, 0.5) is 9.59 Å². The fourth-order valence-corrected chi connectivity index (χ4v) is 7.47. The average Bonchev–Trinajstić information content (AvgIpc) is 3.85. The molecule has 0 spiro atoms. The Morgan fingerprint density at radius 3 is 2.28 bits per heavy atom. The number of halogens is 1. The van der Waals surface area contributed by atoms with E-state index in [0.29, 0.717) is 17.4 Å². The van der Waals surface area contributed by atoms with Crippen molar-refractivity contribution in [1.82, 2.24) is 30.2 Å². The van der Waals surface area contributed by atoms with Crippen LogP contribution in [-0.2, 0) is 9.47 Å². The summed E-state index contributed by atoms with van der Waals surface area (Å²) in [6, 6.07) is 18.6. The molecule has 2 fully saturated rings. The minimum absolute atomic E-state index is 0.0322. The number of carbonyl (C=O) groups is 2. The summed E-state index contributed by atoms with van der Waals surface area (Å²) in [6.45, 7) is 11.9. The van der Waals surface area contributed by atoms with Crippen molar-refractivity contribution in [3.63, 3.8) is 0 Å². The summed E-state index contributed by atoms with van der Waals surface area (Å²) in [4.78, 5) is 43.9. The molecular weight excluding hydrogens is 652 g/mol. The third-order valence-corrected chi connectivity index (χ3v) is 9.70. The van der Waals surface area contributed by atoms with Crippen molar-refractivity contribution in [2.45, 2.75) is 103 Å². The number of rotatable bonds is 5. The number of carbonyl (C=O) groups excluding carboxylic acids is 2. The first-order valence-electron chi connectivity index (χ1n) is 17.5. The van der Waals surface area contributed by atoms with Crippen molar-refractivity contribution in [3.05, 3.63) is 71.4 Å². The number of likely N-dealkylation sites (tertiary alicyclic amines) is 1. The normalized spacial score (nSPS) is 19.7. The van der Waals surface area contributed by atoms with Gasteiger partial charge in [0.25, 0.3) is 0 Å². The molecule has 1 saturated heterocycles. The number of nitrogens with one attached hydrogen (secondary N) is 3. The number of benzene rings is 3. The highest BCUT2D eigenvalue weighted by Gasteiger charge is 2.36. The Balaban J connectivity index is 1.09. The number of hydrogen-bond donors (Lipinski definition) is 3. The van der Waals surface area contributed by atoms with Crippen LogP contribution in [0.15, 0.2) is 54.6 Å². The largest absolute Gasteiger partial charge is 0.444 e. The van der Waals surface area contributed by atoms with Crippen molar-refractivity contribution >= 4 is 45.6 Å². The van der Waals surface area contributed by atoms with Crippen molar-refractivity contribution in [2.75, 3.05) is 6.54 Å². The molecule has 2 aliphatic rings. The Bertz CT molecular complexity index is 2060. The Hall–Kier alpha value is -4.57. The lowest BCUT2D eigenvalue weighted by Crippen LogP contribution is -2.40. The van der Waals surface area contributed by atoms with Crippen LogP contribution in [0.3, 0.4) is 0 Å². The topological polar surface area (TPSA) is 125 Å². The van der Waals surface area contributed by atoms with Crippen molar-refractivity contribution in [3.8, 4) is 22.4 Å². The van der Waals surface area contributed by atoms with Gasteiger partial charge in [-0.05, 0) is 95.9 Å². The number of hydrogen-bond acceptors (Lipinski definition) is 6. The van der Waals surface area contributed by atoms with E-state index in [4.69, 9.17) is 31.0 Å². The van der Waals surface area contributed by atoms with Crippen molar-refractivity contribution in [2.24, 2.45) is 0 Å². The van der Waals surface area contributed by atoms with E-state index in [-0.39, 0.29) is 24.1 Å². The lowest BCUT2D eigenvalue weighted by molar-refractivity contribution is 0.0218. The van der Waals surface area contributed by atoms with Gasteiger partial charge < -0.3 is 24.8 Å². The molecular formula is C39H45ClN6O4. The second-order valence-corrected chi connectivity index (χ2v) is 15.9. The van der Waals surface area contributed by atoms with Crippen LogP contribution in [0.5, 0.6) is 0 Å². The number of imidazole rings is 2. The minimum Gasteiger partial charge on any atom is -0.444 e. The molecule has 1 aliphatic carbocycles. The number of amides is 2. The number of aromatic nitrogens is 4. The molecule has 2 aromatic heterocycles. The van der Waals surface area contributed by atoms with E-state index in [1.807, 2.05) is 53.7 Å². The van der Waals surface area contributed by atoms with Gasteiger partial charge in [-0.3, -0.25) is 4.90 Å². The van der Waals surface area contributed by atoms with Crippen LogP contribution in [0.25, 0.3) is 44.2 Å². The van der Waals surface area contributed by atoms with Gasteiger partial charge in [-0.25, -0.2) is 19.6 Å². The average molecular weight is 697 g/mol. The van der Waals surface area contributed by atoms with Gasteiger partial charge >= 0.3 is 12.2 Å². The van der Waals surface area contributed by atoms with Gasteiger partial charge in [-0.1, -0.05) is 60.5 Å². The molecule has 50 heavy (non-hydrogen) atoms. The molecule has 3 aromatic carbocycles. The highest BCUT2D eigenvalue weighted by atomic mass is 35.5. The van der Waals surface area contributed by atoms with Gasteiger partial charge in [0.1, 0.15) is 33.7 Å². The second kappa shape index (κ2) is 13.0. The van der Waals surface area contributed by atoms with Gasteiger partial charge in [0, 0.05) is 29.5 Å². The third-order valence-electron chi connectivity index (χ3n) is 9.42. The zero-order valence-corrected chi connectivity index (χ0v) is 30.3. The van der Waals surface area contributed by atoms with E-state index in [9.17, 15) is 9.59 Å². The zero-order valence-electron chi connectivity index (χ0n) is 29.5. The molecule has 1 aliphatic heterocycles. The van der Waals surface area contributed by atoms with Gasteiger partial charge in [0.2, 0.25) is 0 Å². The smallest absolute Gasteiger partial charge is 0.410 e. The van der Waals surface area contributed by atoms with E-state index >= 15 is 0 Å². The summed E-state index contributed by atoms with van der Waals surface area (Å²) in [7, 11) is 0. The first-order chi connectivity index (χ1) is 23.7. The maximum absolute atomic E-state index is 12.9. The lowest BCUT2D eigenvalue weighted by Gasteiger charge is -2.27. The monoisotopic (exact) mass is 696 g/mol. The van der Waals surface area contributed by atoms with Gasteiger partial charge in [-0.2, -0.15) is 0 Å². The predicted molar refractivity (Wildman–Crippen MR) is 196 cm³/mol. The van der Waals surface area contributed by atoms with Gasteiger partial charge in [-0.15, -0.1) is 0 Å². The summed E-state index contributed by atoms with van der Waals surface area (Å²) in [5, 5.41) is 5.65. The number of fused-ring (bicyclic) bond motifs is 3. The van der Waals surface area contributed by atoms with Gasteiger partial charge in [0.15, 0.2) is 0 Å². The molecule has 3 heterocycles. The highest BCUT2D eigenvalue weighted by molar-refractivity contribution is 6.31. The maximum Gasteiger partial charge on any atom is 0.410 e. The van der Waals surface area contributed by atoms with Crippen LogP contribution in [0.2, 0.25) is 5.15 Å². The predicted octanol–water partition coefficient (Wildman–Crippen LogP) is 9.66. The van der Waals surface area contributed by atoms with E-state index in [2.05, 4.69) is 57.7 Å². The van der Waals surface area contributed by atoms with Crippen LogP contribution in [0.1, 0.15) is 97.3 Å². The quantitative estimate of drug-likeness (QED) is 0.168. The zero-order chi connectivity index (χ0) is 35.4. The third kappa shape index (κ3) is 7.03.